The fourth-order valence-electron chi connectivity index (χ4n) is 3.16. The quantitative estimate of drug-likeness (QED) is 0.391. The SMILES string of the molecule is CC(C)CCC[C@H](C)CCC[C@@H](C)CCC[C@H](C)CCO. The van der Waals surface area contributed by atoms with Crippen molar-refractivity contribution in [2.75, 3.05) is 6.61 Å². The summed E-state index contributed by atoms with van der Waals surface area (Å²) in [5, 5.41) is 8.91. The number of hydrogen-bond acceptors (Lipinski definition) is 1. The second-order valence-corrected chi connectivity index (χ2v) is 8.01. The van der Waals surface area contributed by atoms with Gasteiger partial charge in [0.05, 0.1) is 0 Å². The second-order valence-electron chi connectivity index (χ2n) is 8.01. The molecule has 1 N–H and O–H groups in total. The van der Waals surface area contributed by atoms with E-state index in [1.54, 1.807) is 0 Å². The first-order valence-corrected chi connectivity index (χ1v) is 9.56. The lowest BCUT2D eigenvalue weighted by atomic mass is 9.91. The summed E-state index contributed by atoms with van der Waals surface area (Å²) in [6.07, 6.45) is 13.4. The number of aliphatic hydroxyl groups excluding tert-OH is 1. The normalized spacial score (nSPS) is 16.1. The van der Waals surface area contributed by atoms with Crippen LogP contribution in [0, 0.1) is 23.7 Å². The molecule has 21 heavy (non-hydrogen) atoms. The van der Waals surface area contributed by atoms with Crippen LogP contribution in [0.4, 0.5) is 0 Å². The predicted molar refractivity (Wildman–Crippen MR) is 95.6 cm³/mol. The number of rotatable bonds is 14. The Morgan fingerprint density at radius 3 is 1.19 bits per heavy atom. The number of aliphatic hydroxyl groups is 1. The van der Waals surface area contributed by atoms with Crippen LogP contribution in [0.3, 0.4) is 0 Å². The van der Waals surface area contributed by atoms with E-state index in [4.69, 9.17) is 5.11 Å². The lowest BCUT2D eigenvalue weighted by Crippen LogP contribution is -2.02. The zero-order chi connectivity index (χ0) is 16.1. The molecule has 0 saturated heterocycles. The Hall–Kier alpha value is -0.0400. The van der Waals surface area contributed by atoms with Gasteiger partial charge in [0.1, 0.15) is 0 Å². The molecule has 0 amide bonds. The molecule has 1 nitrogen and oxygen atoms in total. The maximum atomic E-state index is 8.91. The molecule has 0 aliphatic carbocycles. The summed E-state index contributed by atoms with van der Waals surface area (Å²) < 4.78 is 0. The van der Waals surface area contributed by atoms with Crippen molar-refractivity contribution in [3.05, 3.63) is 0 Å². The summed E-state index contributed by atoms with van der Waals surface area (Å²) in [5.41, 5.74) is 0. The minimum absolute atomic E-state index is 0.353. The summed E-state index contributed by atoms with van der Waals surface area (Å²) >= 11 is 0. The third-order valence-corrected chi connectivity index (χ3v) is 4.89. The standard InChI is InChI=1S/C20H42O/c1-17(2)9-6-10-18(3)11-7-12-19(4)13-8-14-20(5)15-16-21/h17-21H,6-16H2,1-5H3/t18-,19+,20-/m0/s1. The first-order valence-electron chi connectivity index (χ1n) is 9.56. The highest BCUT2D eigenvalue weighted by atomic mass is 16.3. The smallest absolute Gasteiger partial charge is 0.0433 e. The topological polar surface area (TPSA) is 20.2 Å². The summed E-state index contributed by atoms with van der Waals surface area (Å²) in [6.45, 7) is 12.1. The molecule has 0 fully saturated rings. The van der Waals surface area contributed by atoms with Crippen LogP contribution in [-0.4, -0.2) is 11.7 Å². The molecule has 0 aliphatic heterocycles. The second kappa shape index (κ2) is 13.6. The van der Waals surface area contributed by atoms with Crippen molar-refractivity contribution in [1.29, 1.82) is 0 Å². The molecule has 0 unspecified atom stereocenters. The average molecular weight is 299 g/mol. The van der Waals surface area contributed by atoms with Crippen molar-refractivity contribution in [3.63, 3.8) is 0 Å². The molecule has 128 valence electrons. The number of hydrogen-bond donors (Lipinski definition) is 1. The van der Waals surface area contributed by atoms with Gasteiger partial charge in [0.2, 0.25) is 0 Å². The van der Waals surface area contributed by atoms with Gasteiger partial charge < -0.3 is 5.11 Å². The molecule has 0 radical (unpaired) electrons. The van der Waals surface area contributed by atoms with Crippen LogP contribution < -0.4 is 0 Å². The van der Waals surface area contributed by atoms with E-state index in [0.717, 1.165) is 24.2 Å². The van der Waals surface area contributed by atoms with Crippen LogP contribution in [0.25, 0.3) is 0 Å². The molecule has 0 rings (SSSR count). The van der Waals surface area contributed by atoms with E-state index in [9.17, 15) is 0 Å². The molecular weight excluding hydrogens is 256 g/mol. The van der Waals surface area contributed by atoms with Crippen molar-refractivity contribution >= 4 is 0 Å². The summed E-state index contributed by atoms with van der Waals surface area (Å²) in [6, 6.07) is 0. The fraction of sp³-hybridized carbons (Fsp3) is 1.00. The van der Waals surface area contributed by atoms with E-state index in [1.165, 1.54) is 57.8 Å². The maximum Gasteiger partial charge on any atom is 0.0433 e. The van der Waals surface area contributed by atoms with Crippen molar-refractivity contribution < 1.29 is 5.11 Å². The van der Waals surface area contributed by atoms with Gasteiger partial charge in [-0.3, -0.25) is 0 Å². The third-order valence-electron chi connectivity index (χ3n) is 4.89. The van der Waals surface area contributed by atoms with Crippen molar-refractivity contribution in [3.8, 4) is 0 Å². The molecule has 0 aromatic carbocycles. The first kappa shape index (κ1) is 21.0. The van der Waals surface area contributed by atoms with Crippen LogP contribution in [0.15, 0.2) is 0 Å². The molecule has 0 aromatic heterocycles. The predicted octanol–water partition coefficient (Wildman–Crippen LogP) is 6.44. The average Bonchev–Trinajstić information content (AvgIpc) is 2.38. The van der Waals surface area contributed by atoms with E-state index in [-0.39, 0.29) is 0 Å². The zero-order valence-corrected chi connectivity index (χ0v) is 15.5. The van der Waals surface area contributed by atoms with Crippen molar-refractivity contribution in [1.82, 2.24) is 0 Å². The van der Waals surface area contributed by atoms with Crippen molar-refractivity contribution in [2.45, 2.75) is 98.8 Å². The van der Waals surface area contributed by atoms with Gasteiger partial charge in [-0.15, -0.1) is 0 Å². The summed E-state index contributed by atoms with van der Waals surface area (Å²) in [7, 11) is 0. The highest BCUT2D eigenvalue weighted by Crippen LogP contribution is 2.22. The van der Waals surface area contributed by atoms with Crippen molar-refractivity contribution in [2.24, 2.45) is 23.7 Å². The van der Waals surface area contributed by atoms with Crippen LogP contribution in [-0.2, 0) is 0 Å². The van der Waals surface area contributed by atoms with E-state index in [1.807, 2.05) is 0 Å². The molecular formula is C20H42O. The van der Waals surface area contributed by atoms with E-state index in [0.29, 0.717) is 12.5 Å². The Bertz CT molecular complexity index is 212. The Labute approximate surface area is 134 Å². The summed E-state index contributed by atoms with van der Waals surface area (Å²) in [4.78, 5) is 0. The van der Waals surface area contributed by atoms with Crippen LogP contribution in [0.1, 0.15) is 98.8 Å². The monoisotopic (exact) mass is 298 g/mol. The summed E-state index contributed by atoms with van der Waals surface area (Å²) in [5.74, 6) is 3.36. The molecule has 0 saturated carbocycles. The molecule has 0 aliphatic rings. The minimum Gasteiger partial charge on any atom is -0.396 e. The maximum absolute atomic E-state index is 8.91. The lowest BCUT2D eigenvalue weighted by Gasteiger charge is -2.16. The van der Waals surface area contributed by atoms with Gasteiger partial charge in [0.15, 0.2) is 0 Å². The molecule has 0 spiro atoms. The van der Waals surface area contributed by atoms with Gasteiger partial charge in [-0.25, -0.2) is 0 Å². The van der Waals surface area contributed by atoms with Gasteiger partial charge in [-0.05, 0) is 30.1 Å². The third kappa shape index (κ3) is 14.7. The van der Waals surface area contributed by atoms with Crippen LogP contribution in [0.5, 0.6) is 0 Å². The first-order chi connectivity index (χ1) is 9.95. The van der Waals surface area contributed by atoms with Gasteiger partial charge in [-0.1, -0.05) is 92.4 Å². The lowest BCUT2D eigenvalue weighted by molar-refractivity contribution is 0.255. The van der Waals surface area contributed by atoms with Gasteiger partial charge >= 0.3 is 0 Å². The molecule has 0 bridgehead atoms. The largest absolute Gasteiger partial charge is 0.396 e. The Morgan fingerprint density at radius 1 is 0.524 bits per heavy atom. The van der Waals surface area contributed by atoms with Gasteiger partial charge in [0.25, 0.3) is 0 Å². The Balaban J connectivity index is 3.45. The van der Waals surface area contributed by atoms with Crippen LogP contribution >= 0.6 is 0 Å². The highest BCUT2D eigenvalue weighted by molar-refractivity contribution is 4.60. The highest BCUT2D eigenvalue weighted by Gasteiger charge is 2.07. The van der Waals surface area contributed by atoms with E-state index < -0.39 is 0 Å². The Kier molecular flexibility index (Phi) is 13.6. The van der Waals surface area contributed by atoms with E-state index in [2.05, 4.69) is 34.6 Å². The van der Waals surface area contributed by atoms with Gasteiger partial charge in [0, 0.05) is 6.61 Å². The molecule has 0 heterocycles. The molecule has 3 atom stereocenters. The zero-order valence-electron chi connectivity index (χ0n) is 15.5. The Morgan fingerprint density at radius 2 is 0.857 bits per heavy atom. The van der Waals surface area contributed by atoms with Crippen LogP contribution in [0.2, 0.25) is 0 Å². The molecule has 1 heteroatoms. The minimum atomic E-state index is 0.353. The fourth-order valence-corrected chi connectivity index (χ4v) is 3.16. The molecule has 0 aromatic rings. The van der Waals surface area contributed by atoms with E-state index >= 15 is 0 Å². The van der Waals surface area contributed by atoms with Gasteiger partial charge in [-0.2, -0.15) is 0 Å².